The van der Waals surface area contributed by atoms with Crippen molar-refractivity contribution in [3.05, 3.63) is 35.4 Å². The highest BCUT2D eigenvalue weighted by molar-refractivity contribution is 7.89. The van der Waals surface area contributed by atoms with Gasteiger partial charge in [-0.2, -0.15) is 0 Å². The SMILES string of the molecule is CC(C)OCCS(=O)(=O)NCC(=O)N1Cc2ccccc2C(C(=O)O)C1. The van der Waals surface area contributed by atoms with E-state index in [0.717, 1.165) is 5.56 Å². The number of fused-ring (bicyclic) bond motifs is 1. The van der Waals surface area contributed by atoms with Crippen molar-refractivity contribution in [2.24, 2.45) is 0 Å². The monoisotopic (exact) mass is 384 g/mol. The number of carbonyl (C=O) groups is 2. The number of nitrogens with zero attached hydrogens (tertiary/aromatic N) is 1. The van der Waals surface area contributed by atoms with Crippen molar-refractivity contribution >= 4 is 21.9 Å². The van der Waals surface area contributed by atoms with Gasteiger partial charge in [-0.15, -0.1) is 0 Å². The number of ether oxygens (including phenoxy) is 1. The van der Waals surface area contributed by atoms with Gasteiger partial charge in [0.05, 0.1) is 30.9 Å². The van der Waals surface area contributed by atoms with Crippen molar-refractivity contribution < 1.29 is 27.9 Å². The minimum absolute atomic E-state index is 0.0172. The van der Waals surface area contributed by atoms with Gasteiger partial charge in [0.25, 0.3) is 0 Å². The maximum Gasteiger partial charge on any atom is 0.312 e. The first-order valence-corrected chi connectivity index (χ1v) is 10.0. The summed E-state index contributed by atoms with van der Waals surface area (Å²) in [6.07, 6.45) is -0.0757. The van der Waals surface area contributed by atoms with Crippen LogP contribution in [0.25, 0.3) is 0 Å². The molecule has 0 saturated heterocycles. The fourth-order valence-corrected chi connectivity index (χ4v) is 3.56. The highest BCUT2D eigenvalue weighted by atomic mass is 32.2. The Kier molecular flexibility index (Phi) is 6.74. The largest absolute Gasteiger partial charge is 0.481 e. The first-order chi connectivity index (χ1) is 12.2. The summed E-state index contributed by atoms with van der Waals surface area (Å²) in [7, 11) is -3.64. The average molecular weight is 384 g/mol. The number of sulfonamides is 1. The van der Waals surface area contributed by atoms with Gasteiger partial charge in [-0.1, -0.05) is 24.3 Å². The number of carbonyl (C=O) groups excluding carboxylic acids is 1. The molecule has 0 saturated carbocycles. The van der Waals surface area contributed by atoms with Crippen LogP contribution in [0, 0.1) is 0 Å². The third-order valence-electron chi connectivity index (χ3n) is 4.09. The molecule has 0 radical (unpaired) electrons. The predicted molar refractivity (Wildman–Crippen MR) is 95.1 cm³/mol. The topological polar surface area (TPSA) is 113 Å². The molecule has 9 heteroatoms. The molecule has 1 atom stereocenters. The molecule has 1 aromatic rings. The lowest BCUT2D eigenvalue weighted by Crippen LogP contribution is -2.45. The summed E-state index contributed by atoms with van der Waals surface area (Å²) in [4.78, 5) is 25.3. The minimum atomic E-state index is -3.64. The molecule has 26 heavy (non-hydrogen) atoms. The van der Waals surface area contributed by atoms with Gasteiger partial charge in [-0.3, -0.25) is 9.59 Å². The quantitative estimate of drug-likeness (QED) is 0.676. The van der Waals surface area contributed by atoms with Gasteiger partial charge in [-0.05, 0) is 25.0 Å². The van der Waals surface area contributed by atoms with E-state index >= 15 is 0 Å². The Bertz CT molecular complexity index is 762. The molecular weight excluding hydrogens is 360 g/mol. The van der Waals surface area contributed by atoms with Crippen molar-refractivity contribution in [3.8, 4) is 0 Å². The molecule has 144 valence electrons. The minimum Gasteiger partial charge on any atom is -0.481 e. The molecule has 0 fully saturated rings. The Balaban J connectivity index is 1.97. The van der Waals surface area contributed by atoms with E-state index in [4.69, 9.17) is 4.74 Å². The molecule has 0 spiro atoms. The first-order valence-electron chi connectivity index (χ1n) is 8.37. The molecule has 1 amide bonds. The van der Waals surface area contributed by atoms with Crippen LogP contribution in [-0.4, -0.2) is 61.9 Å². The van der Waals surface area contributed by atoms with Gasteiger partial charge in [0.1, 0.15) is 0 Å². The second-order valence-corrected chi connectivity index (χ2v) is 8.35. The van der Waals surface area contributed by atoms with Crippen molar-refractivity contribution in [2.75, 3.05) is 25.4 Å². The maximum absolute atomic E-state index is 12.4. The van der Waals surface area contributed by atoms with E-state index in [2.05, 4.69) is 4.72 Å². The molecule has 1 aliphatic heterocycles. The van der Waals surface area contributed by atoms with E-state index < -0.39 is 34.4 Å². The molecule has 0 aliphatic carbocycles. The smallest absolute Gasteiger partial charge is 0.312 e. The van der Waals surface area contributed by atoms with Crippen LogP contribution in [0.4, 0.5) is 0 Å². The Hall–Kier alpha value is -1.97. The summed E-state index contributed by atoms with van der Waals surface area (Å²) < 4.78 is 31.3. The molecule has 2 N–H and O–H groups in total. The number of hydrogen-bond acceptors (Lipinski definition) is 5. The van der Waals surface area contributed by atoms with E-state index in [1.165, 1.54) is 4.90 Å². The lowest BCUT2D eigenvalue weighted by molar-refractivity contribution is -0.141. The van der Waals surface area contributed by atoms with E-state index in [-0.39, 0.29) is 31.6 Å². The first kappa shape index (κ1) is 20.3. The standard InChI is InChI=1S/C17H24N2O6S/c1-12(2)25-7-8-26(23,24)18-9-16(20)19-10-13-5-3-4-6-14(13)15(11-19)17(21)22/h3-6,12,15,18H,7-11H2,1-2H3,(H,21,22). The predicted octanol–water partition coefficient (Wildman–Crippen LogP) is 0.541. The van der Waals surface area contributed by atoms with Crippen molar-refractivity contribution in [1.82, 2.24) is 9.62 Å². The number of amides is 1. The number of carboxylic acid groups (broad SMARTS) is 1. The third kappa shape index (κ3) is 5.52. The van der Waals surface area contributed by atoms with Crippen LogP contribution in [-0.2, 0) is 30.9 Å². The molecule has 2 rings (SSSR count). The highest BCUT2D eigenvalue weighted by Gasteiger charge is 2.32. The Morgan fingerprint density at radius 1 is 1.35 bits per heavy atom. The van der Waals surface area contributed by atoms with Crippen LogP contribution in [0.5, 0.6) is 0 Å². The number of rotatable bonds is 8. The van der Waals surface area contributed by atoms with Gasteiger partial charge >= 0.3 is 5.97 Å². The van der Waals surface area contributed by atoms with Crippen molar-refractivity contribution in [2.45, 2.75) is 32.4 Å². The third-order valence-corrected chi connectivity index (χ3v) is 5.38. The van der Waals surface area contributed by atoms with Crippen LogP contribution in [0.3, 0.4) is 0 Å². The normalized spacial score (nSPS) is 17.2. The lowest BCUT2D eigenvalue weighted by atomic mass is 9.90. The summed E-state index contributed by atoms with van der Waals surface area (Å²) in [5, 5.41) is 9.42. The molecule has 1 aliphatic rings. The molecule has 0 aromatic heterocycles. The molecular formula is C17H24N2O6S. The van der Waals surface area contributed by atoms with Crippen molar-refractivity contribution in [1.29, 1.82) is 0 Å². The molecule has 1 aromatic carbocycles. The molecule has 1 unspecified atom stereocenters. The second-order valence-electron chi connectivity index (χ2n) is 6.42. The van der Waals surface area contributed by atoms with E-state index in [0.29, 0.717) is 5.56 Å². The number of benzene rings is 1. The van der Waals surface area contributed by atoms with Gasteiger partial charge in [0, 0.05) is 13.1 Å². The van der Waals surface area contributed by atoms with Crippen LogP contribution in [0.2, 0.25) is 0 Å². The van der Waals surface area contributed by atoms with Crippen LogP contribution in [0.15, 0.2) is 24.3 Å². The summed E-state index contributed by atoms with van der Waals surface area (Å²) in [6, 6.07) is 7.06. The van der Waals surface area contributed by atoms with Crippen LogP contribution < -0.4 is 4.72 Å². The van der Waals surface area contributed by atoms with E-state index in [1.807, 2.05) is 0 Å². The van der Waals surface area contributed by atoms with Gasteiger partial charge < -0.3 is 14.7 Å². The van der Waals surface area contributed by atoms with Crippen LogP contribution in [0.1, 0.15) is 30.9 Å². The number of aliphatic carboxylic acids is 1. The van der Waals surface area contributed by atoms with Crippen LogP contribution >= 0.6 is 0 Å². The fraction of sp³-hybridized carbons (Fsp3) is 0.529. The molecule has 0 bridgehead atoms. The summed E-state index contributed by atoms with van der Waals surface area (Å²) >= 11 is 0. The lowest BCUT2D eigenvalue weighted by Gasteiger charge is -2.32. The number of hydrogen-bond donors (Lipinski definition) is 2. The van der Waals surface area contributed by atoms with Gasteiger partial charge in [0.15, 0.2) is 0 Å². The average Bonchev–Trinajstić information content (AvgIpc) is 2.58. The number of nitrogens with one attached hydrogen (secondary N) is 1. The maximum atomic E-state index is 12.4. The van der Waals surface area contributed by atoms with Gasteiger partial charge in [-0.25, -0.2) is 13.1 Å². The van der Waals surface area contributed by atoms with Crippen molar-refractivity contribution in [3.63, 3.8) is 0 Å². The Morgan fingerprint density at radius 2 is 2.04 bits per heavy atom. The van der Waals surface area contributed by atoms with E-state index in [1.54, 1.807) is 38.1 Å². The fourth-order valence-electron chi connectivity index (χ4n) is 2.76. The number of carboxylic acids is 1. The summed E-state index contributed by atoms with van der Waals surface area (Å²) in [6.45, 7) is 3.52. The zero-order valence-corrected chi connectivity index (χ0v) is 15.7. The van der Waals surface area contributed by atoms with E-state index in [9.17, 15) is 23.1 Å². The Labute approximate surface area is 153 Å². The highest BCUT2D eigenvalue weighted by Crippen LogP contribution is 2.28. The molecule has 1 heterocycles. The zero-order chi connectivity index (χ0) is 19.3. The van der Waals surface area contributed by atoms with Gasteiger partial charge in [0.2, 0.25) is 15.9 Å². The summed E-state index contributed by atoms with van der Waals surface area (Å²) in [5.41, 5.74) is 1.45. The zero-order valence-electron chi connectivity index (χ0n) is 14.8. The summed E-state index contributed by atoms with van der Waals surface area (Å²) in [5.74, 6) is -2.53. The second kappa shape index (κ2) is 8.61. The molecule has 8 nitrogen and oxygen atoms in total. The Morgan fingerprint density at radius 3 is 2.69 bits per heavy atom.